The highest BCUT2D eigenvalue weighted by Crippen LogP contribution is 2.27. The number of hydrogen-bond acceptors (Lipinski definition) is 5. The molecule has 0 spiro atoms. The average Bonchev–Trinajstić information content (AvgIpc) is 2.84. The van der Waals surface area contributed by atoms with Crippen molar-refractivity contribution in [2.45, 2.75) is 31.8 Å². The number of rotatable bonds is 3. The molecule has 1 aromatic heterocycles. The number of ether oxygens (including phenoxy) is 2. The molecule has 1 saturated carbocycles. The fourth-order valence-electron chi connectivity index (χ4n) is 1.96. The molecule has 0 atom stereocenters. The molecule has 0 amide bonds. The van der Waals surface area contributed by atoms with Gasteiger partial charge in [0.05, 0.1) is 18.8 Å². The molecule has 0 aliphatic heterocycles. The number of nitrogens with two attached hydrogens (primary N) is 1. The number of carbonyl (C=O) groups excluding carboxylic acids is 1. The molecule has 0 radical (unpaired) electrons. The first-order valence-electron chi connectivity index (χ1n) is 5.71. The van der Waals surface area contributed by atoms with E-state index in [4.69, 9.17) is 10.5 Å². The van der Waals surface area contributed by atoms with E-state index in [0.717, 1.165) is 12.8 Å². The summed E-state index contributed by atoms with van der Waals surface area (Å²) in [5.74, 6) is 0.345. The van der Waals surface area contributed by atoms with Gasteiger partial charge in [-0.05, 0) is 25.7 Å². The van der Waals surface area contributed by atoms with E-state index in [1.807, 2.05) is 0 Å². The monoisotopic (exact) mass is 236 g/mol. The van der Waals surface area contributed by atoms with E-state index in [-0.39, 0.29) is 6.10 Å². The summed E-state index contributed by atoms with van der Waals surface area (Å²) in [5.41, 5.74) is 6.08. The molecule has 0 saturated heterocycles. The molecular weight excluding hydrogens is 220 g/mol. The second-order valence-electron chi connectivity index (χ2n) is 4.12. The van der Waals surface area contributed by atoms with Crippen LogP contribution in [0.1, 0.15) is 36.0 Å². The minimum absolute atomic E-state index is 0.187. The van der Waals surface area contributed by atoms with Crippen LogP contribution in [0.15, 0.2) is 12.3 Å². The topological polar surface area (TPSA) is 74.4 Å². The van der Waals surface area contributed by atoms with Crippen molar-refractivity contribution >= 4 is 11.8 Å². The zero-order chi connectivity index (χ0) is 12.3. The summed E-state index contributed by atoms with van der Waals surface area (Å²) in [6.45, 7) is 0. The van der Waals surface area contributed by atoms with Crippen molar-refractivity contribution in [3.63, 3.8) is 0 Å². The van der Waals surface area contributed by atoms with Crippen molar-refractivity contribution in [3.05, 3.63) is 17.8 Å². The molecular formula is C12H16N2O3. The zero-order valence-corrected chi connectivity index (χ0v) is 9.81. The summed E-state index contributed by atoms with van der Waals surface area (Å²) in [5, 5.41) is 0. The van der Waals surface area contributed by atoms with Crippen molar-refractivity contribution in [2.75, 3.05) is 12.8 Å². The van der Waals surface area contributed by atoms with Crippen LogP contribution >= 0.6 is 0 Å². The lowest BCUT2D eigenvalue weighted by Crippen LogP contribution is -2.13. The number of hydrogen-bond donors (Lipinski definition) is 1. The predicted molar refractivity (Wildman–Crippen MR) is 62.9 cm³/mol. The third kappa shape index (κ3) is 2.67. The maximum Gasteiger partial charge on any atom is 0.339 e. The van der Waals surface area contributed by atoms with E-state index in [1.54, 1.807) is 6.07 Å². The van der Waals surface area contributed by atoms with Crippen LogP contribution in [0, 0.1) is 0 Å². The third-order valence-electron chi connectivity index (χ3n) is 2.90. The lowest BCUT2D eigenvalue weighted by atomic mass is 10.2. The van der Waals surface area contributed by atoms with E-state index in [2.05, 4.69) is 9.72 Å². The van der Waals surface area contributed by atoms with Gasteiger partial charge >= 0.3 is 5.97 Å². The molecule has 5 heteroatoms. The van der Waals surface area contributed by atoms with Gasteiger partial charge in [0, 0.05) is 12.3 Å². The first-order valence-corrected chi connectivity index (χ1v) is 5.71. The Morgan fingerprint density at radius 1 is 1.47 bits per heavy atom. The summed E-state index contributed by atoms with van der Waals surface area (Å²) in [6.07, 6.45) is 5.99. The van der Waals surface area contributed by atoms with Gasteiger partial charge < -0.3 is 15.2 Å². The van der Waals surface area contributed by atoms with Gasteiger partial charge in [-0.3, -0.25) is 0 Å². The van der Waals surface area contributed by atoms with Crippen molar-refractivity contribution in [2.24, 2.45) is 0 Å². The van der Waals surface area contributed by atoms with E-state index < -0.39 is 5.97 Å². The van der Waals surface area contributed by atoms with Gasteiger partial charge in [0.15, 0.2) is 11.6 Å². The fourth-order valence-corrected chi connectivity index (χ4v) is 1.96. The number of nitrogen functional groups attached to an aromatic ring is 1. The Morgan fingerprint density at radius 2 is 2.18 bits per heavy atom. The van der Waals surface area contributed by atoms with E-state index in [9.17, 15) is 4.79 Å². The molecule has 5 nitrogen and oxygen atoms in total. The maximum atomic E-state index is 11.4. The van der Waals surface area contributed by atoms with Gasteiger partial charge in [0.1, 0.15) is 0 Å². The van der Waals surface area contributed by atoms with Gasteiger partial charge in [-0.1, -0.05) is 0 Å². The van der Waals surface area contributed by atoms with Gasteiger partial charge in [-0.25, -0.2) is 9.78 Å². The molecule has 92 valence electrons. The normalized spacial score (nSPS) is 15.8. The molecule has 17 heavy (non-hydrogen) atoms. The number of aromatic nitrogens is 1. The highest BCUT2D eigenvalue weighted by atomic mass is 16.5. The Bertz CT molecular complexity index is 414. The Labute approximate surface area is 99.9 Å². The summed E-state index contributed by atoms with van der Waals surface area (Å²) < 4.78 is 10.4. The van der Waals surface area contributed by atoms with Crippen LogP contribution in [0.4, 0.5) is 5.82 Å². The van der Waals surface area contributed by atoms with Crippen molar-refractivity contribution < 1.29 is 14.3 Å². The minimum atomic E-state index is -0.436. The van der Waals surface area contributed by atoms with Crippen molar-refractivity contribution in [3.8, 4) is 5.75 Å². The van der Waals surface area contributed by atoms with Gasteiger partial charge in [-0.15, -0.1) is 0 Å². The van der Waals surface area contributed by atoms with Crippen LogP contribution in [0.5, 0.6) is 5.75 Å². The lowest BCUT2D eigenvalue weighted by molar-refractivity contribution is 0.0599. The van der Waals surface area contributed by atoms with Gasteiger partial charge in [-0.2, -0.15) is 0 Å². The van der Waals surface area contributed by atoms with Gasteiger partial charge in [0.2, 0.25) is 0 Å². The fraction of sp³-hybridized carbons (Fsp3) is 0.500. The number of esters is 1. The van der Waals surface area contributed by atoms with Gasteiger partial charge in [0.25, 0.3) is 0 Å². The highest BCUT2D eigenvalue weighted by Gasteiger charge is 2.19. The van der Waals surface area contributed by atoms with Crippen LogP contribution < -0.4 is 10.5 Å². The van der Waals surface area contributed by atoms with Crippen molar-refractivity contribution in [1.82, 2.24) is 4.98 Å². The summed E-state index contributed by atoms with van der Waals surface area (Å²) in [4.78, 5) is 15.3. The summed E-state index contributed by atoms with van der Waals surface area (Å²) in [6, 6.07) is 1.59. The highest BCUT2D eigenvalue weighted by molar-refractivity contribution is 5.89. The third-order valence-corrected chi connectivity index (χ3v) is 2.90. The molecule has 1 aliphatic rings. The summed E-state index contributed by atoms with van der Waals surface area (Å²) in [7, 11) is 1.33. The first-order chi connectivity index (χ1) is 8.20. The standard InChI is InChI=1S/C12H16N2O3/c1-16-12(15)8-6-10(11(13)14-7-8)17-9-4-2-3-5-9/h6-7,9H,2-5H2,1H3,(H2,13,14). The average molecular weight is 236 g/mol. The lowest BCUT2D eigenvalue weighted by Gasteiger charge is -2.14. The molecule has 1 fully saturated rings. The second kappa shape index (κ2) is 5.03. The molecule has 1 aromatic rings. The SMILES string of the molecule is COC(=O)c1cnc(N)c(OC2CCCC2)c1. The Hall–Kier alpha value is -1.78. The summed E-state index contributed by atoms with van der Waals surface area (Å²) >= 11 is 0. The molecule has 2 rings (SSSR count). The Kier molecular flexibility index (Phi) is 3.46. The second-order valence-corrected chi connectivity index (χ2v) is 4.12. The van der Waals surface area contributed by atoms with Crippen LogP contribution in [-0.2, 0) is 4.74 Å². The quantitative estimate of drug-likeness (QED) is 0.809. The molecule has 1 heterocycles. The Morgan fingerprint density at radius 3 is 2.82 bits per heavy atom. The van der Waals surface area contributed by atoms with E-state index in [0.29, 0.717) is 17.1 Å². The van der Waals surface area contributed by atoms with Crippen LogP contribution in [-0.4, -0.2) is 24.2 Å². The van der Waals surface area contributed by atoms with E-state index >= 15 is 0 Å². The Balaban J connectivity index is 2.16. The molecule has 1 aliphatic carbocycles. The largest absolute Gasteiger partial charge is 0.487 e. The number of nitrogens with zero attached hydrogens (tertiary/aromatic N) is 1. The molecule has 0 aromatic carbocycles. The van der Waals surface area contributed by atoms with E-state index in [1.165, 1.54) is 26.1 Å². The maximum absolute atomic E-state index is 11.4. The van der Waals surface area contributed by atoms with Crippen LogP contribution in [0.25, 0.3) is 0 Å². The zero-order valence-electron chi connectivity index (χ0n) is 9.81. The number of anilines is 1. The molecule has 0 bridgehead atoms. The number of methoxy groups -OCH3 is 1. The molecule has 0 unspecified atom stereocenters. The minimum Gasteiger partial charge on any atom is -0.487 e. The first kappa shape index (κ1) is 11.7. The number of carbonyl (C=O) groups is 1. The number of pyridine rings is 1. The van der Waals surface area contributed by atoms with Crippen LogP contribution in [0.2, 0.25) is 0 Å². The van der Waals surface area contributed by atoms with Crippen LogP contribution in [0.3, 0.4) is 0 Å². The molecule has 2 N–H and O–H groups in total. The smallest absolute Gasteiger partial charge is 0.339 e. The predicted octanol–water partition coefficient (Wildman–Crippen LogP) is 1.77. The van der Waals surface area contributed by atoms with Crippen molar-refractivity contribution in [1.29, 1.82) is 0 Å².